The summed E-state index contributed by atoms with van der Waals surface area (Å²) in [6.07, 6.45) is -3.64. The SMILES string of the molecule is Cc1cc(OC(F)F)ccc1NC(=O)CSc1nccc(C(F)(F)F)n1. The lowest BCUT2D eigenvalue weighted by Gasteiger charge is -2.11. The summed E-state index contributed by atoms with van der Waals surface area (Å²) in [5.74, 6) is -0.792. The number of aryl methyl sites for hydroxylation is 1. The minimum Gasteiger partial charge on any atom is -0.435 e. The zero-order chi connectivity index (χ0) is 19.3. The second-order valence-electron chi connectivity index (χ2n) is 4.91. The molecule has 0 saturated carbocycles. The summed E-state index contributed by atoms with van der Waals surface area (Å²) in [5, 5.41) is 2.34. The summed E-state index contributed by atoms with van der Waals surface area (Å²) < 4.78 is 66.3. The molecule has 0 unspecified atom stereocenters. The Labute approximate surface area is 149 Å². The van der Waals surface area contributed by atoms with Crippen molar-refractivity contribution in [3.63, 3.8) is 0 Å². The molecule has 0 aliphatic heterocycles. The number of rotatable bonds is 6. The minimum atomic E-state index is -4.60. The molecule has 1 aromatic heterocycles. The molecule has 2 rings (SSSR count). The van der Waals surface area contributed by atoms with Crippen LogP contribution in [0.4, 0.5) is 27.6 Å². The van der Waals surface area contributed by atoms with Crippen LogP contribution >= 0.6 is 11.8 Å². The second-order valence-corrected chi connectivity index (χ2v) is 5.86. The van der Waals surface area contributed by atoms with E-state index in [1.807, 2.05) is 0 Å². The Morgan fingerprint density at radius 2 is 2.04 bits per heavy atom. The summed E-state index contributed by atoms with van der Waals surface area (Å²) in [6.45, 7) is -1.38. The Morgan fingerprint density at radius 1 is 1.31 bits per heavy atom. The monoisotopic (exact) mass is 393 g/mol. The summed E-state index contributed by atoms with van der Waals surface area (Å²) in [6, 6.07) is 4.70. The zero-order valence-corrected chi connectivity index (χ0v) is 14.0. The van der Waals surface area contributed by atoms with Crippen molar-refractivity contribution in [2.45, 2.75) is 24.9 Å². The first-order valence-electron chi connectivity index (χ1n) is 7.03. The molecule has 0 radical (unpaired) electrons. The van der Waals surface area contributed by atoms with Crippen LogP contribution in [0, 0.1) is 6.92 Å². The highest BCUT2D eigenvalue weighted by molar-refractivity contribution is 7.99. The maximum absolute atomic E-state index is 12.6. The molecule has 0 aliphatic carbocycles. The van der Waals surface area contributed by atoms with Gasteiger partial charge in [0.2, 0.25) is 5.91 Å². The van der Waals surface area contributed by atoms with Crippen LogP contribution in [0.5, 0.6) is 5.75 Å². The summed E-state index contributed by atoms with van der Waals surface area (Å²) in [4.78, 5) is 18.9. The molecule has 0 spiro atoms. The molecule has 1 N–H and O–H groups in total. The maximum Gasteiger partial charge on any atom is 0.433 e. The summed E-state index contributed by atoms with van der Waals surface area (Å²) in [7, 11) is 0. The molecule has 0 saturated heterocycles. The first-order valence-corrected chi connectivity index (χ1v) is 8.02. The molecule has 0 fully saturated rings. The van der Waals surface area contributed by atoms with Gasteiger partial charge in [-0.1, -0.05) is 11.8 Å². The van der Waals surface area contributed by atoms with Gasteiger partial charge < -0.3 is 10.1 Å². The van der Waals surface area contributed by atoms with Gasteiger partial charge >= 0.3 is 12.8 Å². The fourth-order valence-corrected chi connectivity index (χ4v) is 2.47. The number of halogens is 5. The van der Waals surface area contributed by atoms with Gasteiger partial charge in [0.25, 0.3) is 0 Å². The van der Waals surface area contributed by atoms with E-state index in [1.54, 1.807) is 6.92 Å². The van der Waals surface area contributed by atoms with E-state index in [9.17, 15) is 26.7 Å². The summed E-state index contributed by atoms with van der Waals surface area (Å²) >= 11 is 0.737. The highest BCUT2D eigenvalue weighted by atomic mass is 32.2. The predicted molar refractivity (Wildman–Crippen MR) is 84.2 cm³/mol. The lowest BCUT2D eigenvalue weighted by molar-refractivity contribution is -0.141. The van der Waals surface area contributed by atoms with Crippen LogP contribution in [-0.2, 0) is 11.0 Å². The molecule has 1 aromatic carbocycles. The molecule has 0 atom stereocenters. The molecule has 0 aliphatic rings. The van der Waals surface area contributed by atoms with E-state index in [0.717, 1.165) is 24.0 Å². The third-order valence-electron chi connectivity index (χ3n) is 2.95. The fourth-order valence-electron chi connectivity index (χ4n) is 1.84. The molecule has 140 valence electrons. The number of carbonyl (C=O) groups excluding carboxylic acids is 1. The Bertz CT molecular complexity index is 786. The van der Waals surface area contributed by atoms with Gasteiger partial charge in [0.05, 0.1) is 5.75 Å². The van der Waals surface area contributed by atoms with Crippen molar-refractivity contribution in [2.75, 3.05) is 11.1 Å². The van der Waals surface area contributed by atoms with Gasteiger partial charge in [-0.3, -0.25) is 4.79 Å². The molecule has 2 aromatic rings. The standard InChI is InChI=1S/C15H12F5N3O2S/c1-8-6-9(25-13(16)17)2-3-10(8)22-12(24)7-26-14-21-5-4-11(23-14)15(18,19)20/h2-6,13H,7H2,1H3,(H,22,24). The van der Waals surface area contributed by atoms with E-state index in [1.165, 1.54) is 18.2 Å². The van der Waals surface area contributed by atoms with Crippen molar-refractivity contribution >= 4 is 23.4 Å². The van der Waals surface area contributed by atoms with Crippen LogP contribution in [-0.4, -0.2) is 28.2 Å². The molecule has 1 heterocycles. The van der Waals surface area contributed by atoms with Gasteiger partial charge in [0.15, 0.2) is 5.16 Å². The third-order valence-corrected chi connectivity index (χ3v) is 3.81. The van der Waals surface area contributed by atoms with Gasteiger partial charge in [-0.15, -0.1) is 0 Å². The second kappa shape index (κ2) is 8.30. The van der Waals surface area contributed by atoms with Crippen LogP contribution < -0.4 is 10.1 Å². The molecule has 1 amide bonds. The molecule has 0 bridgehead atoms. The number of nitrogens with zero attached hydrogens (tertiary/aromatic N) is 2. The average Bonchev–Trinajstić information content (AvgIpc) is 2.54. The smallest absolute Gasteiger partial charge is 0.433 e. The molecule has 5 nitrogen and oxygen atoms in total. The highest BCUT2D eigenvalue weighted by Gasteiger charge is 2.32. The molecular formula is C15H12F5N3O2S. The number of benzene rings is 1. The Kier molecular flexibility index (Phi) is 6.35. The number of anilines is 1. The number of amides is 1. The average molecular weight is 393 g/mol. The first-order chi connectivity index (χ1) is 12.1. The Hall–Kier alpha value is -2.43. The number of thioether (sulfide) groups is 1. The van der Waals surface area contributed by atoms with Crippen LogP contribution in [0.15, 0.2) is 35.6 Å². The number of hydrogen-bond donors (Lipinski definition) is 1. The van der Waals surface area contributed by atoms with Gasteiger partial charge in [-0.2, -0.15) is 22.0 Å². The number of ether oxygens (including phenoxy) is 1. The third kappa shape index (κ3) is 5.83. The maximum atomic E-state index is 12.6. The normalized spacial score (nSPS) is 11.5. The molecule has 26 heavy (non-hydrogen) atoms. The first kappa shape index (κ1) is 19.9. The van der Waals surface area contributed by atoms with E-state index >= 15 is 0 Å². The number of carbonyl (C=O) groups is 1. The topological polar surface area (TPSA) is 64.1 Å². The Balaban J connectivity index is 1.95. The quantitative estimate of drug-likeness (QED) is 0.454. The van der Waals surface area contributed by atoms with E-state index < -0.39 is 24.4 Å². The van der Waals surface area contributed by atoms with Gasteiger partial charge in [-0.25, -0.2) is 9.97 Å². The predicted octanol–water partition coefficient (Wildman–Crippen LogP) is 4.14. The summed E-state index contributed by atoms with van der Waals surface area (Å²) in [5.41, 5.74) is -0.250. The number of alkyl halides is 5. The Morgan fingerprint density at radius 3 is 2.65 bits per heavy atom. The van der Waals surface area contributed by atoms with Gasteiger partial charge in [0, 0.05) is 11.9 Å². The van der Waals surface area contributed by atoms with Crippen LogP contribution in [0.1, 0.15) is 11.3 Å². The minimum absolute atomic E-state index is 0.0535. The van der Waals surface area contributed by atoms with E-state index in [-0.39, 0.29) is 16.7 Å². The molecule has 11 heteroatoms. The van der Waals surface area contributed by atoms with Crippen molar-refractivity contribution in [3.8, 4) is 5.75 Å². The van der Waals surface area contributed by atoms with E-state index in [4.69, 9.17) is 0 Å². The van der Waals surface area contributed by atoms with Crippen LogP contribution in [0.3, 0.4) is 0 Å². The van der Waals surface area contributed by atoms with E-state index in [2.05, 4.69) is 20.0 Å². The van der Waals surface area contributed by atoms with E-state index in [0.29, 0.717) is 11.3 Å². The highest BCUT2D eigenvalue weighted by Crippen LogP contribution is 2.28. The van der Waals surface area contributed by atoms with Crippen molar-refractivity contribution in [1.82, 2.24) is 9.97 Å². The van der Waals surface area contributed by atoms with Crippen molar-refractivity contribution < 1.29 is 31.5 Å². The van der Waals surface area contributed by atoms with Crippen molar-refractivity contribution in [1.29, 1.82) is 0 Å². The van der Waals surface area contributed by atoms with Crippen molar-refractivity contribution in [2.24, 2.45) is 0 Å². The van der Waals surface area contributed by atoms with Gasteiger partial charge in [0.1, 0.15) is 11.4 Å². The lowest BCUT2D eigenvalue weighted by Crippen LogP contribution is -2.15. The van der Waals surface area contributed by atoms with Crippen LogP contribution in [0.2, 0.25) is 0 Å². The number of nitrogens with one attached hydrogen (secondary N) is 1. The fraction of sp³-hybridized carbons (Fsp3) is 0.267. The lowest BCUT2D eigenvalue weighted by atomic mass is 10.2. The van der Waals surface area contributed by atoms with Crippen LogP contribution in [0.25, 0.3) is 0 Å². The van der Waals surface area contributed by atoms with Crippen molar-refractivity contribution in [3.05, 3.63) is 41.7 Å². The number of aromatic nitrogens is 2. The zero-order valence-electron chi connectivity index (χ0n) is 13.2. The van der Waals surface area contributed by atoms with Gasteiger partial charge in [-0.05, 0) is 36.8 Å². The number of hydrogen-bond acceptors (Lipinski definition) is 5. The largest absolute Gasteiger partial charge is 0.435 e. The molecular weight excluding hydrogens is 381 g/mol.